The zero-order valence-electron chi connectivity index (χ0n) is 9.11. The Morgan fingerprint density at radius 3 is 2.94 bits per heavy atom. The number of carbonyl (C=O) groups excluding carboxylic acids is 1. The second-order valence-electron chi connectivity index (χ2n) is 3.40. The van der Waals surface area contributed by atoms with Gasteiger partial charge in [0.1, 0.15) is 0 Å². The SMILES string of the molecule is O=C(C[n+]1ccccc1)N/N=C/c1ccoc1. The predicted octanol–water partition coefficient (Wildman–Crippen LogP) is 0.717. The van der Waals surface area contributed by atoms with Crippen LogP contribution in [0.5, 0.6) is 0 Å². The van der Waals surface area contributed by atoms with Gasteiger partial charge in [-0.3, -0.25) is 4.79 Å². The Kier molecular flexibility index (Phi) is 3.64. The van der Waals surface area contributed by atoms with Crippen molar-refractivity contribution in [1.29, 1.82) is 0 Å². The number of aromatic nitrogens is 1. The molecular formula is C12H12N3O2+. The van der Waals surface area contributed by atoms with Gasteiger partial charge < -0.3 is 4.42 Å². The molecule has 0 saturated carbocycles. The molecule has 0 aliphatic carbocycles. The smallest absolute Gasteiger partial charge is 0.305 e. The molecule has 0 radical (unpaired) electrons. The Hall–Kier alpha value is -2.43. The molecule has 5 heteroatoms. The van der Waals surface area contributed by atoms with E-state index in [2.05, 4.69) is 10.5 Å². The van der Waals surface area contributed by atoms with Crippen molar-refractivity contribution in [3.8, 4) is 0 Å². The van der Waals surface area contributed by atoms with Crippen LogP contribution < -0.4 is 9.99 Å². The quantitative estimate of drug-likeness (QED) is 0.478. The molecule has 2 aromatic heterocycles. The number of amides is 1. The van der Waals surface area contributed by atoms with Crippen molar-refractivity contribution in [3.05, 3.63) is 54.7 Å². The van der Waals surface area contributed by atoms with E-state index in [4.69, 9.17) is 4.42 Å². The van der Waals surface area contributed by atoms with Gasteiger partial charge in [-0.1, -0.05) is 6.07 Å². The Balaban J connectivity index is 1.82. The largest absolute Gasteiger partial charge is 0.472 e. The molecule has 0 fully saturated rings. The average molecular weight is 230 g/mol. The molecule has 1 amide bonds. The summed E-state index contributed by atoms with van der Waals surface area (Å²) >= 11 is 0. The van der Waals surface area contributed by atoms with Crippen molar-refractivity contribution in [1.82, 2.24) is 5.43 Å². The third kappa shape index (κ3) is 3.57. The van der Waals surface area contributed by atoms with Crippen LogP contribution in [-0.2, 0) is 11.3 Å². The first-order valence-electron chi connectivity index (χ1n) is 5.13. The lowest BCUT2D eigenvalue weighted by molar-refractivity contribution is -0.684. The van der Waals surface area contributed by atoms with E-state index >= 15 is 0 Å². The van der Waals surface area contributed by atoms with E-state index in [1.54, 1.807) is 23.2 Å². The highest BCUT2D eigenvalue weighted by Gasteiger charge is 2.06. The maximum absolute atomic E-state index is 11.5. The number of hydrogen-bond acceptors (Lipinski definition) is 3. The Morgan fingerprint density at radius 2 is 2.24 bits per heavy atom. The summed E-state index contributed by atoms with van der Waals surface area (Å²) in [6.45, 7) is 0.240. The molecule has 0 spiro atoms. The van der Waals surface area contributed by atoms with Crippen LogP contribution in [0.4, 0.5) is 0 Å². The molecule has 2 rings (SSSR count). The molecular weight excluding hydrogens is 218 g/mol. The molecule has 86 valence electrons. The van der Waals surface area contributed by atoms with Crippen LogP contribution in [0.3, 0.4) is 0 Å². The van der Waals surface area contributed by atoms with E-state index in [-0.39, 0.29) is 12.5 Å². The second kappa shape index (κ2) is 5.60. The summed E-state index contributed by atoms with van der Waals surface area (Å²) in [5.41, 5.74) is 3.24. The van der Waals surface area contributed by atoms with E-state index < -0.39 is 0 Å². The minimum Gasteiger partial charge on any atom is -0.472 e. The zero-order chi connectivity index (χ0) is 11.9. The van der Waals surface area contributed by atoms with Crippen molar-refractivity contribution in [3.63, 3.8) is 0 Å². The summed E-state index contributed by atoms with van der Waals surface area (Å²) < 4.78 is 6.63. The van der Waals surface area contributed by atoms with Crippen LogP contribution in [0, 0.1) is 0 Å². The van der Waals surface area contributed by atoms with Crippen molar-refractivity contribution < 1.29 is 13.8 Å². The van der Waals surface area contributed by atoms with E-state index in [9.17, 15) is 4.79 Å². The molecule has 5 nitrogen and oxygen atoms in total. The normalized spacial score (nSPS) is 10.6. The van der Waals surface area contributed by atoms with Crippen LogP contribution in [0.15, 0.2) is 58.7 Å². The fraction of sp³-hybridized carbons (Fsp3) is 0.0833. The standard InChI is InChI=1S/C12H11N3O2/c16-12(9-15-5-2-1-3-6-15)14-13-8-11-4-7-17-10-11/h1-8,10H,9H2/p+1/b13-8+. The summed E-state index contributed by atoms with van der Waals surface area (Å²) in [6, 6.07) is 7.37. The molecule has 0 saturated heterocycles. The number of carbonyl (C=O) groups is 1. The molecule has 17 heavy (non-hydrogen) atoms. The topological polar surface area (TPSA) is 58.5 Å². The molecule has 0 aliphatic rings. The van der Waals surface area contributed by atoms with Gasteiger partial charge >= 0.3 is 5.91 Å². The Morgan fingerprint density at radius 1 is 1.41 bits per heavy atom. The first kappa shape index (κ1) is 11.1. The van der Waals surface area contributed by atoms with Gasteiger partial charge in [0, 0.05) is 17.7 Å². The first-order valence-corrected chi connectivity index (χ1v) is 5.13. The van der Waals surface area contributed by atoms with E-state index in [1.165, 1.54) is 6.21 Å². The lowest BCUT2D eigenvalue weighted by atomic mass is 10.4. The van der Waals surface area contributed by atoms with E-state index in [1.807, 2.05) is 30.6 Å². The van der Waals surface area contributed by atoms with Gasteiger partial charge in [0.25, 0.3) is 0 Å². The van der Waals surface area contributed by atoms with Crippen molar-refractivity contribution in [2.45, 2.75) is 6.54 Å². The maximum Gasteiger partial charge on any atom is 0.305 e. The average Bonchev–Trinajstić information content (AvgIpc) is 2.83. The molecule has 2 aromatic rings. The van der Waals surface area contributed by atoms with Crippen LogP contribution >= 0.6 is 0 Å². The highest BCUT2D eigenvalue weighted by atomic mass is 16.3. The summed E-state index contributed by atoms with van der Waals surface area (Å²) in [5, 5.41) is 3.81. The van der Waals surface area contributed by atoms with Crippen LogP contribution in [0.2, 0.25) is 0 Å². The highest BCUT2D eigenvalue weighted by molar-refractivity contribution is 5.81. The van der Waals surface area contributed by atoms with Crippen molar-refractivity contribution in [2.75, 3.05) is 0 Å². The predicted molar refractivity (Wildman–Crippen MR) is 61.1 cm³/mol. The fourth-order valence-corrected chi connectivity index (χ4v) is 1.27. The number of furan rings is 1. The van der Waals surface area contributed by atoms with Crippen LogP contribution in [0.1, 0.15) is 5.56 Å². The Labute approximate surface area is 98.4 Å². The van der Waals surface area contributed by atoms with Gasteiger partial charge in [-0.05, 0) is 6.07 Å². The van der Waals surface area contributed by atoms with Crippen LogP contribution in [0.25, 0.3) is 0 Å². The van der Waals surface area contributed by atoms with Gasteiger partial charge in [0.2, 0.25) is 6.54 Å². The maximum atomic E-state index is 11.5. The number of nitrogens with one attached hydrogen (secondary N) is 1. The number of hydrazone groups is 1. The van der Waals surface area contributed by atoms with Gasteiger partial charge in [0.15, 0.2) is 12.4 Å². The minimum atomic E-state index is -0.180. The summed E-state index contributed by atoms with van der Waals surface area (Å²) in [4.78, 5) is 11.5. The molecule has 0 aliphatic heterocycles. The number of rotatable bonds is 4. The van der Waals surface area contributed by atoms with Crippen molar-refractivity contribution >= 4 is 12.1 Å². The number of nitrogens with zero attached hydrogens (tertiary/aromatic N) is 2. The molecule has 0 unspecified atom stereocenters. The zero-order valence-corrected chi connectivity index (χ0v) is 9.11. The number of pyridine rings is 1. The lowest BCUT2D eigenvalue weighted by Gasteiger charge is -1.95. The lowest BCUT2D eigenvalue weighted by Crippen LogP contribution is -2.40. The third-order valence-electron chi connectivity index (χ3n) is 2.05. The Bertz CT molecular complexity index is 492. The van der Waals surface area contributed by atoms with E-state index in [0.717, 1.165) is 5.56 Å². The van der Waals surface area contributed by atoms with Gasteiger partial charge in [-0.15, -0.1) is 0 Å². The highest BCUT2D eigenvalue weighted by Crippen LogP contribution is 1.94. The molecule has 1 N–H and O–H groups in total. The van der Waals surface area contributed by atoms with Crippen molar-refractivity contribution in [2.24, 2.45) is 5.10 Å². The van der Waals surface area contributed by atoms with E-state index in [0.29, 0.717) is 0 Å². The summed E-state index contributed by atoms with van der Waals surface area (Å²) in [6.07, 6.45) is 8.25. The molecule has 0 bridgehead atoms. The third-order valence-corrected chi connectivity index (χ3v) is 2.05. The minimum absolute atomic E-state index is 0.180. The van der Waals surface area contributed by atoms with Gasteiger partial charge in [-0.2, -0.15) is 9.67 Å². The molecule has 0 atom stereocenters. The monoisotopic (exact) mass is 230 g/mol. The number of hydrogen-bond donors (Lipinski definition) is 1. The molecule has 0 aromatic carbocycles. The van der Waals surface area contributed by atoms with Gasteiger partial charge in [0.05, 0.1) is 18.7 Å². The first-order chi connectivity index (χ1) is 8.34. The summed E-state index contributed by atoms with van der Waals surface area (Å²) in [5.74, 6) is -0.180. The van der Waals surface area contributed by atoms with Gasteiger partial charge in [-0.25, -0.2) is 5.43 Å². The van der Waals surface area contributed by atoms with Crippen LogP contribution in [-0.4, -0.2) is 12.1 Å². The summed E-state index contributed by atoms with van der Waals surface area (Å²) in [7, 11) is 0. The second-order valence-corrected chi connectivity index (χ2v) is 3.40. The molecule has 2 heterocycles. The fourth-order valence-electron chi connectivity index (χ4n) is 1.27.